The monoisotopic (exact) mass is 581 g/mol. The molecule has 4 rings (SSSR count). The van der Waals surface area contributed by atoms with Crippen LogP contribution in [0.5, 0.6) is 0 Å². The van der Waals surface area contributed by atoms with Crippen molar-refractivity contribution in [2.45, 2.75) is 56.6 Å². The van der Waals surface area contributed by atoms with Crippen LogP contribution in [0.15, 0.2) is 53.4 Å². The normalized spacial score (nSPS) is 15.0. The second-order valence-electron chi connectivity index (χ2n) is 9.57. The lowest BCUT2D eigenvalue weighted by atomic mass is 9.88. The lowest BCUT2D eigenvalue weighted by Crippen LogP contribution is -2.25. The minimum absolute atomic E-state index is 0.166. The summed E-state index contributed by atoms with van der Waals surface area (Å²) in [6.07, 6.45) is 3.20. The first-order chi connectivity index (χ1) is 19.2. The van der Waals surface area contributed by atoms with E-state index in [1.165, 1.54) is 47.4 Å². The first kappa shape index (κ1) is 29.3. The zero-order valence-electron chi connectivity index (χ0n) is 22.5. The molecule has 3 aromatic rings. The Bertz CT molecular complexity index is 1440. The zero-order chi connectivity index (χ0) is 28.8. The molecule has 210 valence electrons. The number of nitro groups is 1. The lowest BCUT2D eigenvalue weighted by Gasteiger charge is -2.18. The van der Waals surface area contributed by atoms with Gasteiger partial charge in [-0.05, 0) is 68.4 Å². The molecule has 1 aliphatic rings. The highest BCUT2D eigenvalue weighted by molar-refractivity contribution is 8.00. The van der Waals surface area contributed by atoms with Crippen LogP contribution in [0.2, 0.25) is 0 Å². The summed E-state index contributed by atoms with van der Waals surface area (Å²) in [5, 5.41) is 16.9. The van der Waals surface area contributed by atoms with E-state index >= 15 is 0 Å². The molecule has 2 aromatic carbocycles. The smallest absolute Gasteiger partial charge is 0.341 e. The number of thiophene rings is 1. The highest BCUT2D eigenvalue weighted by atomic mass is 32.2. The Kier molecular flexibility index (Phi) is 9.59. The van der Waals surface area contributed by atoms with Crippen molar-refractivity contribution < 1.29 is 24.0 Å². The molecule has 1 aromatic heterocycles. The molecular weight excluding hydrogens is 550 g/mol. The molecule has 2 unspecified atom stereocenters. The number of anilines is 2. The van der Waals surface area contributed by atoms with Gasteiger partial charge in [-0.1, -0.05) is 26.0 Å². The number of ether oxygens (including phenoxy) is 1. The Balaban J connectivity index is 1.48. The topological polar surface area (TPSA) is 128 Å². The van der Waals surface area contributed by atoms with Crippen LogP contribution in [0, 0.1) is 16.0 Å². The third-order valence-corrected chi connectivity index (χ3v) is 9.11. The predicted octanol–water partition coefficient (Wildman–Crippen LogP) is 6.72. The molecule has 11 heteroatoms. The third-order valence-electron chi connectivity index (χ3n) is 6.58. The summed E-state index contributed by atoms with van der Waals surface area (Å²) in [5.41, 5.74) is 1.98. The average Bonchev–Trinajstić information content (AvgIpc) is 3.28. The maximum atomic E-state index is 13.4. The molecule has 0 bridgehead atoms. The van der Waals surface area contributed by atoms with Gasteiger partial charge in [0, 0.05) is 33.2 Å². The number of nitrogens with one attached hydrogen (secondary N) is 2. The van der Waals surface area contributed by atoms with E-state index in [1.54, 1.807) is 25.1 Å². The highest BCUT2D eigenvalue weighted by Crippen LogP contribution is 2.40. The van der Waals surface area contributed by atoms with Crippen molar-refractivity contribution in [1.29, 1.82) is 0 Å². The van der Waals surface area contributed by atoms with E-state index in [0.29, 0.717) is 28.6 Å². The Hall–Kier alpha value is -3.70. The minimum atomic E-state index is -0.550. The lowest BCUT2D eigenvalue weighted by molar-refractivity contribution is -0.384. The van der Waals surface area contributed by atoms with E-state index in [-0.39, 0.29) is 23.8 Å². The first-order valence-corrected chi connectivity index (χ1v) is 14.8. The van der Waals surface area contributed by atoms with Crippen molar-refractivity contribution >= 4 is 57.3 Å². The summed E-state index contributed by atoms with van der Waals surface area (Å²) in [5.74, 6) is -0.569. The van der Waals surface area contributed by atoms with Gasteiger partial charge in [-0.3, -0.25) is 19.7 Å². The van der Waals surface area contributed by atoms with Gasteiger partial charge in [-0.2, -0.15) is 0 Å². The number of carbonyl (C=O) groups excluding carboxylic acids is 3. The van der Waals surface area contributed by atoms with Gasteiger partial charge in [0.2, 0.25) is 5.91 Å². The number of amides is 2. The Labute approximate surface area is 240 Å². The molecule has 2 N–H and O–H groups in total. The molecule has 9 nitrogen and oxygen atoms in total. The Morgan fingerprint density at radius 2 is 1.93 bits per heavy atom. The molecule has 0 saturated carbocycles. The number of non-ortho nitro benzene ring substituents is 1. The first-order valence-electron chi connectivity index (χ1n) is 13.1. The van der Waals surface area contributed by atoms with Gasteiger partial charge in [0.1, 0.15) is 5.00 Å². The van der Waals surface area contributed by atoms with Crippen molar-refractivity contribution in [3.05, 3.63) is 80.2 Å². The summed E-state index contributed by atoms with van der Waals surface area (Å²) < 4.78 is 5.32. The number of hydrogen-bond donors (Lipinski definition) is 2. The average molecular weight is 582 g/mol. The predicted molar refractivity (Wildman–Crippen MR) is 158 cm³/mol. The van der Waals surface area contributed by atoms with E-state index in [1.807, 2.05) is 13.0 Å². The van der Waals surface area contributed by atoms with Crippen LogP contribution in [0.1, 0.15) is 64.8 Å². The molecule has 40 heavy (non-hydrogen) atoms. The van der Waals surface area contributed by atoms with Crippen molar-refractivity contribution in [3.63, 3.8) is 0 Å². The van der Waals surface area contributed by atoms with Gasteiger partial charge in [0.15, 0.2) is 0 Å². The van der Waals surface area contributed by atoms with Gasteiger partial charge < -0.3 is 15.4 Å². The van der Waals surface area contributed by atoms with Crippen LogP contribution in [-0.4, -0.2) is 34.6 Å². The molecule has 0 saturated heterocycles. The number of hydrogen-bond acceptors (Lipinski definition) is 8. The molecule has 0 aliphatic heterocycles. The van der Waals surface area contributed by atoms with Crippen molar-refractivity contribution in [2.24, 2.45) is 5.92 Å². The maximum absolute atomic E-state index is 13.4. The fourth-order valence-electron chi connectivity index (χ4n) is 4.55. The van der Waals surface area contributed by atoms with Gasteiger partial charge in [-0.25, -0.2) is 4.79 Å². The Morgan fingerprint density at radius 1 is 1.15 bits per heavy atom. The largest absolute Gasteiger partial charge is 0.462 e. The van der Waals surface area contributed by atoms with Gasteiger partial charge in [0.25, 0.3) is 11.6 Å². The van der Waals surface area contributed by atoms with E-state index in [0.717, 1.165) is 34.6 Å². The van der Waals surface area contributed by atoms with Crippen LogP contribution in [0.4, 0.5) is 16.4 Å². The zero-order valence-corrected chi connectivity index (χ0v) is 24.2. The summed E-state index contributed by atoms with van der Waals surface area (Å²) in [4.78, 5) is 51.3. The van der Waals surface area contributed by atoms with Crippen molar-refractivity contribution in [3.8, 4) is 0 Å². The van der Waals surface area contributed by atoms with Crippen LogP contribution in [0.25, 0.3) is 0 Å². The van der Waals surface area contributed by atoms with Crippen LogP contribution < -0.4 is 10.6 Å². The Morgan fingerprint density at radius 3 is 2.65 bits per heavy atom. The van der Waals surface area contributed by atoms with Gasteiger partial charge in [0.05, 0.1) is 22.3 Å². The minimum Gasteiger partial charge on any atom is -0.462 e. The van der Waals surface area contributed by atoms with E-state index in [4.69, 9.17) is 4.74 Å². The number of benzene rings is 2. The fraction of sp³-hybridized carbons (Fsp3) is 0.345. The van der Waals surface area contributed by atoms with E-state index in [2.05, 4.69) is 17.6 Å². The molecule has 0 radical (unpaired) electrons. The molecule has 1 heterocycles. The third kappa shape index (κ3) is 6.89. The molecule has 0 spiro atoms. The van der Waals surface area contributed by atoms with E-state index < -0.39 is 22.0 Å². The summed E-state index contributed by atoms with van der Waals surface area (Å²) in [6.45, 7) is 6.13. The van der Waals surface area contributed by atoms with Crippen molar-refractivity contribution in [2.75, 3.05) is 17.2 Å². The number of fused-ring (bicyclic) bond motifs is 1. The molecular formula is C29H31N3O6S2. The molecule has 1 aliphatic carbocycles. The van der Waals surface area contributed by atoms with Crippen LogP contribution in [-0.2, 0) is 22.4 Å². The number of carbonyl (C=O) groups is 3. The number of esters is 1. The summed E-state index contributed by atoms with van der Waals surface area (Å²) >= 11 is 2.82. The SMILES string of the molecule is CCOC(=O)c1c(NC(=O)C(CC)Sc2cccc(NC(=O)c3cccc([N+](=O)[O-])c3)c2)sc2c1CCC(C)C2. The van der Waals surface area contributed by atoms with Crippen LogP contribution >= 0.6 is 23.1 Å². The van der Waals surface area contributed by atoms with E-state index in [9.17, 15) is 24.5 Å². The molecule has 0 fully saturated rings. The molecule has 2 atom stereocenters. The number of thioether (sulfide) groups is 1. The number of nitrogens with zero attached hydrogens (tertiary/aromatic N) is 1. The number of rotatable bonds is 10. The van der Waals surface area contributed by atoms with Gasteiger partial charge >= 0.3 is 5.97 Å². The van der Waals surface area contributed by atoms with Gasteiger partial charge in [-0.15, -0.1) is 23.1 Å². The number of nitro benzene ring substituents is 1. The standard InChI is InChI=1S/C29H31N3O6S2/c1-4-23(27(34)31-28-25(29(35)38-5-2)22-13-12-17(3)14-24(22)40-28)39-21-11-7-9-19(16-21)30-26(33)18-8-6-10-20(15-18)32(36)37/h6-11,15-17,23H,4-5,12-14H2,1-3H3,(H,30,33)(H,31,34). The quantitative estimate of drug-likeness (QED) is 0.118. The summed E-state index contributed by atoms with van der Waals surface area (Å²) in [7, 11) is 0. The summed E-state index contributed by atoms with van der Waals surface area (Å²) in [6, 6.07) is 12.6. The second kappa shape index (κ2) is 13.1. The molecule has 2 amide bonds. The fourth-order valence-corrected chi connectivity index (χ4v) is 6.96. The second-order valence-corrected chi connectivity index (χ2v) is 12.0. The van der Waals surface area contributed by atoms with Crippen LogP contribution in [0.3, 0.4) is 0 Å². The van der Waals surface area contributed by atoms with Crippen molar-refractivity contribution in [1.82, 2.24) is 0 Å². The highest BCUT2D eigenvalue weighted by Gasteiger charge is 2.30. The maximum Gasteiger partial charge on any atom is 0.341 e.